The van der Waals surface area contributed by atoms with Crippen LogP contribution in [0.25, 0.3) is 0 Å². The van der Waals surface area contributed by atoms with E-state index in [1.54, 1.807) is 19.1 Å². The van der Waals surface area contributed by atoms with E-state index in [9.17, 15) is 26.0 Å². The van der Waals surface area contributed by atoms with Gasteiger partial charge in [-0.15, -0.1) is 0 Å². The first kappa shape index (κ1) is 30.0. The summed E-state index contributed by atoms with van der Waals surface area (Å²) in [6.07, 6.45) is 0. The van der Waals surface area contributed by atoms with Gasteiger partial charge in [0.15, 0.2) is 5.75 Å². The van der Waals surface area contributed by atoms with E-state index in [2.05, 4.69) is 10.6 Å². The van der Waals surface area contributed by atoms with Crippen molar-refractivity contribution in [3.8, 4) is 5.75 Å². The summed E-state index contributed by atoms with van der Waals surface area (Å²) in [5, 5.41) is 4.04. The Morgan fingerprint density at radius 2 is 1.52 bits per heavy atom. The summed E-state index contributed by atoms with van der Waals surface area (Å²) in [6, 6.07) is 10.9. The van der Waals surface area contributed by atoms with Gasteiger partial charge in [0, 0.05) is 26.2 Å². The van der Waals surface area contributed by atoms with Crippen LogP contribution in [0.5, 0.6) is 5.75 Å². The Labute approximate surface area is 241 Å². The molecule has 10 nitrogen and oxygen atoms in total. The predicted octanol–water partition coefficient (Wildman–Crippen LogP) is 4.79. The van der Waals surface area contributed by atoms with Gasteiger partial charge in [-0.05, 0) is 50.4 Å². The average molecular weight is 632 g/mol. The van der Waals surface area contributed by atoms with Gasteiger partial charge in [0.05, 0.1) is 21.4 Å². The molecule has 1 aliphatic heterocycles. The van der Waals surface area contributed by atoms with E-state index >= 15 is 0 Å². The lowest BCUT2D eigenvalue weighted by atomic mass is 10.2. The second kappa shape index (κ2) is 11.9. The molecule has 0 aliphatic carbocycles. The van der Waals surface area contributed by atoms with Gasteiger partial charge >= 0.3 is 16.1 Å². The zero-order chi connectivity index (χ0) is 29.2. The van der Waals surface area contributed by atoms with Crippen LogP contribution >= 0.6 is 23.2 Å². The third-order valence-electron chi connectivity index (χ3n) is 6.07. The molecule has 1 saturated heterocycles. The van der Waals surface area contributed by atoms with Gasteiger partial charge in [-0.2, -0.15) is 12.7 Å². The van der Waals surface area contributed by atoms with Gasteiger partial charge < -0.3 is 19.7 Å². The van der Waals surface area contributed by atoms with Crippen molar-refractivity contribution in [3.63, 3.8) is 0 Å². The lowest BCUT2D eigenvalue weighted by Gasteiger charge is -2.32. The molecule has 0 bridgehead atoms. The SMILES string of the molecule is Cc1ccc(S(=O)(=O)Oc2c(NC(=O)Nc3cccc(F)c3Cl)ccc(Cl)c2S(=O)(=O)N2CCN(C)CC2)cc1. The van der Waals surface area contributed by atoms with Crippen LogP contribution in [0.15, 0.2) is 64.4 Å². The van der Waals surface area contributed by atoms with E-state index < -0.39 is 42.6 Å². The molecule has 214 valence electrons. The number of halogens is 3. The van der Waals surface area contributed by atoms with Gasteiger partial charge in [-0.25, -0.2) is 17.6 Å². The minimum Gasteiger partial charge on any atom is -0.375 e. The molecule has 3 aromatic carbocycles. The highest BCUT2D eigenvalue weighted by atomic mass is 35.5. The first-order valence-electron chi connectivity index (χ1n) is 11.8. The van der Waals surface area contributed by atoms with Gasteiger partial charge in [-0.3, -0.25) is 0 Å². The van der Waals surface area contributed by atoms with Crippen molar-refractivity contribution in [2.24, 2.45) is 0 Å². The van der Waals surface area contributed by atoms with Gasteiger partial charge in [0.25, 0.3) is 0 Å². The summed E-state index contributed by atoms with van der Waals surface area (Å²) in [4.78, 5) is 13.9. The van der Waals surface area contributed by atoms with Crippen LogP contribution in [0.4, 0.5) is 20.6 Å². The standard InChI is InChI=1S/C25H25Cl2FN4O6S2/c1-16-6-8-17(9-7-16)40(36,37)38-23-21(30-25(33)29-20-5-3-4-19(28)22(20)27)11-10-18(26)24(23)39(34,35)32-14-12-31(2)13-15-32/h3-11H,12-15H2,1-2H3,(H2,29,30,33). The first-order chi connectivity index (χ1) is 18.8. The summed E-state index contributed by atoms with van der Waals surface area (Å²) >= 11 is 12.3. The molecule has 3 aromatic rings. The lowest BCUT2D eigenvalue weighted by molar-refractivity contribution is 0.222. The highest BCUT2D eigenvalue weighted by molar-refractivity contribution is 7.89. The number of sulfonamides is 1. The third-order valence-corrected chi connectivity index (χ3v) is 10.1. The number of piperazine rings is 1. The minimum absolute atomic E-state index is 0.0758. The van der Waals surface area contributed by atoms with Gasteiger partial charge in [-0.1, -0.05) is 47.0 Å². The Balaban J connectivity index is 1.79. The van der Waals surface area contributed by atoms with Crippen LogP contribution in [-0.2, 0) is 20.1 Å². The minimum atomic E-state index is -4.59. The molecule has 40 heavy (non-hydrogen) atoms. The molecular weight excluding hydrogens is 606 g/mol. The number of rotatable bonds is 7. The number of aryl methyl sites for hydroxylation is 1. The maximum atomic E-state index is 13.8. The molecule has 0 radical (unpaired) electrons. The van der Waals surface area contributed by atoms with Crippen molar-refractivity contribution < 1.29 is 30.2 Å². The number of amides is 2. The fourth-order valence-electron chi connectivity index (χ4n) is 3.86. The third kappa shape index (κ3) is 6.51. The maximum Gasteiger partial charge on any atom is 0.339 e. The Morgan fingerprint density at radius 3 is 2.17 bits per heavy atom. The van der Waals surface area contributed by atoms with Crippen molar-refractivity contribution in [1.29, 1.82) is 0 Å². The number of carbonyl (C=O) groups excluding carboxylic acids is 1. The number of carbonyl (C=O) groups is 1. The van der Waals surface area contributed by atoms with Crippen LogP contribution in [0, 0.1) is 12.7 Å². The Bertz CT molecular complexity index is 1650. The van der Waals surface area contributed by atoms with Crippen molar-refractivity contribution in [3.05, 3.63) is 76.0 Å². The van der Waals surface area contributed by atoms with Crippen LogP contribution in [0.3, 0.4) is 0 Å². The van der Waals surface area contributed by atoms with E-state index in [0.29, 0.717) is 13.1 Å². The number of nitrogens with one attached hydrogen (secondary N) is 2. The Morgan fingerprint density at radius 1 is 0.900 bits per heavy atom. The van der Waals surface area contributed by atoms with Gasteiger partial charge in [0.2, 0.25) is 10.0 Å². The second-order valence-electron chi connectivity index (χ2n) is 8.99. The predicted molar refractivity (Wildman–Crippen MR) is 151 cm³/mol. The Kier molecular flexibility index (Phi) is 8.93. The smallest absolute Gasteiger partial charge is 0.339 e. The zero-order valence-electron chi connectivity index (χ0n) is 21.3. The fraction of sp³-hybridized carbons (Fsp3) is 0.240. The molecular formula is C25H25Cl2FN4O6S2. The average Bonchev–Trinajstić information content (AvgIpc) is 2.88. The molecule has 0 aromatic heterocycles. The summed E-state index contributed by atoms with van der Waals surface area (Å²) in [5.41, 5.74) is 0.390. The van der Waals surface area contributed by atoms with E-state index in [4.69, 9.17) is 27.4 Å². The zero-order valence-corrected chi connectivity index (χ0v) is 24.5. The summed E-state index contributed by atoms with van der Waals surface area (Å²) in [5.74, 6) is -1.48. The summed E-state index contributed by atoms with van der Waals surface area (Å²) < 4.78 is 74.5. The van der Waals surface area contributed by atoms with E-state index in [1.807, 2.05) is 11.9 Å². The van der Waals surface area contributed by atoms with Crippen LogP contribution in [0.1, 0.15) is 5.56 Å². The summed E-state index contributed by atoms with van der Waals surface area (Å²) in [6.45, 7) is 2.87. The number of benzene rings is 3. The molecule has 0 atom stereocenters. The molecule has 1 fully saturated rings. The van der Waals surface area contributed by atoms with Crippen molar-refractivity contribution in [2.45, 2.75) is 16.7 Å². The molecule has 0 spiro atoms. The molecule has 1 heterocycles. The molecule has 15 heteroatoms. The quantitative estimate of drug-likeness (QED) is 0.360. The number of nitrogens with zero attached hydrogens (tertiary/aromatic N) is 2. The van der Waals surface area contributed by atoms with E-state index in [1.165, 1.54) is 36.4 Å². The highest BCUT2D eigenvalue weighted by Gasteiger charge is 2.36. The topological polar surface area (TPSA) is 125 Å². The van der Waals surface area contributed by atoms with Crippen LogP contribution in [0.2, 0.25) is 10.0 Å². The second-order valence-corrected chi connectivity index (χ2v) is 13.2. The van der Waals surface area contributed by atoms with Crippen LogP contribution < -0.4 is 14.8 Å². The molecule has 4 rings (SSSR count). The maximum absolute atomic E-state index is 13.8. The van der Waals surface area contributed by atoms with Crippen LogP contribution in [-0.4, -0.2) is 65.3 Å². The fourth-order valence-corrected chi connectivity index (χ4v) is 7.08. The molecule has 0 unspecified atom stereocenters. The number of hydrogen-bond acceptors (Lipinski definition) is 7. The normalized spacial score (nSPS) is 15.0. The lowest BCUT2D eigenvalue weighted by Crippen LogP contribution is -2.47. The van der Waals surface area contributed by atoms with Crippen molar-refractivity contribution in [1.82, 2.24) is 9.21 Å². The van der Waals surface area contributed by atoms with Crippen molar-refractivity contribution in [2.75, 3.05) is 43.9 Å². The molecule has 2 amide bonds. The van der Waals surface area contributed by atoms with E-state index in [0.717, 1.165) is 15.9 Å². The number of anilines is 2. The Hall–Kier alpha value is -2.94. The number of urea groups is 1. The first-order valence-corrected chi connectivity index (χ1v) is 15.4. The monoisotopic (exact) mass is 630 g/mol. The van der Waals surface area contributed by atoms with Gasteiger partial charge in [0.1, 0.15) is 15.6 Å². The number of likely N-dealkylation sites (N-methyl/N-ethyl adjacent to an activating group) is 1. The molecule has 0 saturated carbocycles. The number of hydrogen-bond donors (Lipinski definition) is 2. The largest absolute Gasteiger partial charge is 0.375 e. The summed E-state index contributed by atoms with van der Waals surface area (Å²) in [7, 11) is -7.14. The van der Waals surface area contributed by atoms with E-state index in [-0.39, 0.29) is 39.4 Å². The molecule has 2 N–H and O–H groups in total. The highest BCUT2D eigenvalue weighted by Crippen LogP contribution is 2.41. The molecule has 1 aliphatic rings. The van der Waals surface area contributed by atoms with Crippen molar-refractivity contribution >= 4 is 60.7 Å².